The van der Waals surface area contributed by atoms with Crippen molar-refractivity contribution in [2.24, 2.45) is 5.10 Å². The van der Waals surface area contributed by atoms with Gasteiger partial charge in [-0.2, -0.15) is 5.10 Å². The van der Waals surface area contributed by atoms with E-state index in [-0.39, 0.29) is 0 Å². The van der Waals surface area contributed by atoms with Crippen molar-refractivity contribution in [3.05, 3.63) is 30.0 Å². The predicted molar refractivity (Wildman–Crippen MR) is 72.2 cm³/mol. The van der Waals surface area contributed by atoms with Gasteiger partial charge < -0.3 is 9.47 Å². The second-order valence-corrected chi connectivity index (χ2v) is 4.86. The Morgan fingerprint density at radius 3 is 2.84 bits per heavy atom. The lowest BCUT2D eigenvalue weighted by atomic mass is 10.1. The molecule has 3 rings (SSSR count). The Bertz CT molecular complexity index is 638. The van der Waals surface area contributed by atoms with Crippen LogP contribution in [0.3, 0.4) is 0 Å². The molecule has 0 unspecified atom stereocenters. The Balaban J connectivity index is 2.00. The number of thioether (sulfide) groups is 1. The van der Waals surface area contributed by atoms with Crippen LogP contribution in [0, 0.1) is 0 Å². The van der Waals surface area contributed by atoms with Gasteiger partial charge >= 0.3 is 0 Å². The maximum absolute atomic E-state index is 5.30. The van der Waals surface area contributed by atoms with Crippen molar-refractivity contribution in [2.45, 2.75) is 5.03 Å². The summed E-state index contributed by atoms with van der Waals surface area (Å²) < 4.78 is 10.5. The van der Waals surface area contributed by atoms with E-state index < -0.39 is 0 Å². The lowest BCUT2D eigenvalue weighted by Crippen LogP contribution is -2.13. The SMILES string of the molecule is COc1ccc(C2=Nn3nncc3SC2)cc1OC. The zero-order valence-corrected chi connectivity index (χ0v) is 11.3. The zero-order valence-electron chi connectivity index (χ0n) is 10.5. The molecule has 1 aromatic carbocycles. The lowest BCUT2D eigenvalue weighted by molar-refractivity contribution is 0.355. The molecule has 0 aliphatic carbocycles. The van der Waals surface area contributed by atoms with Crippen LogP contribution in [0.5, 0.6) is 11.5 Å². The fourth-order valence-corrected chi connectivity index (χ4v) is 2.65. The molecular weight excluding hydrogens is 264 g/mol. The van der Waals surface area contributed by atoms with Crippen molar-refractivity contribution in [2.75, 3.05) is 20.0 Å². The van der Waals surface area contributed by atoms with Gasteiger partial charge in [0.25, 0.3) is 0 Å². The van der Waals surface area contributed by atoms with E-state index in [0.717, 1.165) is 22.1 Å². The van der Waals surface area contributed by atoms with E-state index in [0.29, 0.717) is 11.5 Å². The maximum Gasteiger partial charge on any atom is 0.161 e. The third kappa shape index (κ3) is 2.17. The summed E-state index contributed by atoms with van der Waals surface area (Å²) in [6.07, 6.45) is 1.71. The van der Waals surface area contributed by atoms with Gasteiger partial charge in [0.05, 0.1) is 26.1 Å². The van der Waals surface area contributed by atoms with Crippen LogP contribution in [0.2, 0.25) is 0 Å². The van der Waals surface area contributed by atoms with Gasteiger partial charge in [-0.05, 0) is 23.4 Å². The van der Waals surface area contributed by atoms with E-state index in [1.54, 1.807) is 37.0 Å². The molecule has 0 saturated carbocycles. The Hall–Kier alpha value is -2.02. The highest BCUT2D eigenvalue weighted by Crippen LogP contribution is 2.30. The topological polar surface area (TPSA) is 61.5 Å². The number of aromatic nitrogens is 3. The second-order valence-electron chi connectivity index (χ2n) is 3.87. The molecule has 0 bridgehead atoms. The zero-order chi connectivity index (χ0) is 13.2. The molecule has 7 heteroatoms. The Morgan fingerprint density at radius 1 is 1.21 bits per heavy atom. The number of benzene rings is 1. The average molecular weight is 276 g/mol. The Labute approximate surface area is 114 Å². The van der Waals surface area contributed by atoms with Gasteiger partial charge in [-0.15, -0.1) is 9.89 Å². The molecule has 6 nitrogen and oxygen atoms in total. The molecule has 19 heavy (non-hydrogen) atoms. The highest BCUT2D eigenvalue weighted by molar-refractivity contribution is 8.00. The van der Waals surface area contributed by atoms with Gasteiger partial charge in [-0.25, -0.2) is 0 Å². The molecular formula is C12H12N4O2S. The third-order valence-corrected chi connectivity index (χ3v) is 3.77. The summed E-state index contributed by atoms with van der Waals surface area (Å²) >= 11 is 1.66. The molecule has 0 fully saturated rings. The van der Waals surface area contributed by atoms with Crippen molar-refractivity contribution in [1.82, 2.24) is 15.1 Å². The van der Waals surface area contributed by atoms with Gasteiger partial charge in [0.2, 0.25) is 0 Å². The first kappa shape index (κ1) is 12.0. The predicted octanol–water partition coefficient (Wildman–Crippen LogP) is 1.65. The molecule has 0 amide bonds. The summed E-state index contributed by atoms with van der Waals surface area (Å²) in [6, 6.07) is 5.75. The minimum absolute atomic E-state index is 0.692. The van der Waals surface area contributed by atoms with Gasteiger partial charge in [-0.3, -0.25) is 0 Å². The van der Waals surface area contributed by atoms with E-state index in [2.05, 4.69) is 15.4 Å². The molecule has 0 N–H and O–H groups in total. The fraction of sp³-hybridized carbons (Fsp3) is 0.250. The normalized spacial score (nSPS) is 13.7. The average Bonchev–Trinajstić information content (AvgIpc) is 2.93. The first-order chi connectivity index (χ1) is 9.31. The number of hydrogen-bond donors (Lipinski definition) is 0. The van der Waals surface area contributed by atoms with Crippen molar-refractivity contribution in [3.63, 3.8) is 0 Å². The number of rotatable bonds is 3. The van der Waals surface area contributed by atoms with Crippen LogP contribution in [0.4, 0.5) is 0 Å². The molecule has 0 spiro atoms. The number of hydrogen-bond acceptors (Lipinski definition) is 6. The van der Waals surface area contributed by atoms with E-state index >= 15 is 0 Å². The number of nitrogens with zero attached hydrogens (tertiary/aromatic N) is 4. The van der Waals surface area contributed by atoms with Crippen LogP contribution < -0.4 is 9.47 Å². The molecule has 1 aliphatic heterocycles. The third-order valence-electron chi connectivity index (χ3n) is 2.79. The van der Waals surface area contributed by atoms with E-state index in [1.807, 2.05) is 18.2 Å². The molecule has 1 aliphatic rings. The van der Waals surface area contributed by atoms with E-state index in [9.17, 15) is 0 Å². The van der Waals surface area contributed by atoms with Crippen LogP contribution in [0.25, 0.3) is 0 Å². The monoisotopic (exact) mass is 276 g/mol. The van der Waals surface area contributed by atoms with Crippen LogP contribution in [-0.2, 0) is 0 Å². The molecule has 0 radical (unpaired) electrons. The van der Waals surface area contributed by atoms with Crippen molar-refractivity contribution in [1.29, 1.82) is 0 Å². The first-order valence-electron chi connectivity index (χ1n) is 5.65. The minimum atomic E-state index is 0.692. The highest BCUT2D eigenvalue weighted by Gasteiger charge is 2.16. The molecule has 0 saturated heterocycles. The number of fused-ring (bicyclic) bond motifs is 1. The summed E-state index contributed by atoms with van der Waals surface area (Å²) in [5.74, 6) is 2.18. The van der Waals surface area contributed by atoms with E-state index in [1.165, 1.54) is 0 Å². The molecule has 98 valence electrons. The van der Waals surface area contributed by atoms with Crippen LogP contribution >= 0.6 is 11.8 Å². The van der Waals surface area contributed by atoms with Crippen molar-refractivity contribution < 1.29 is 9.47 Å². The highest BCUT2D eigenvalue weighted by atomic mass is 32.2. The van der Waals surface area contributed by atoms with Gasteiger partial charge in [0, 0.05) is 11.3 Å². The molecule has 2 heterocycles. The lowest BCUT2D eigenvalue weighted by Gasteiger charge is -2.14. The summed E-state index contributed by atoms with van der Waals surface area (Å²) in [5, 5.41) is 13.1. The Kier molecular flexibility index (Phi) is 3.12. The largest absolute Gasteiger partial charge is 0.493 e. The fourth-order valence-electron chi connectivity index (χ4n) is 1.83. The molecule has 0 atom stereocenters. The van der Waals surface area contributed by atoms with E-state index in [4.69, 9.17) is 9.47 Å². The first-order valence-corrected chi connectivity index (χ1v) is 6.64. The smallest absolute Gasteiger partial charge is 0.161 e. The van der Waals surface area contributed by atoms with Crippen LogP contribution in [0.15, 0.2) is 34.5 Å². The number of ether oxygens (including phenoxy) is 2. The second kappa shape index (κ2) is 4.93. The van der Waals surface area contributed by atoms with Gasteiger partial charge in [0.15, 0.2) is 11.5 Å². The summed E-state index contributed by atoms with van der Waals surface area (Å²) in [4.78, 5) is 1.54. The summed E-state index contributed by atoms with van der Waals surface area (Å²) in [6.45, 7) is 0. The Morgan fingerprint density at radius 2 is 2.05 bits per heavy atom. The minimum Gasteiger partial charge on any atom is -0.493 e. The van der Waals surface area contributed by atoms with Crippen LogP contribution in [0.1, 0.15) is 5.56 Å². The van der Waals surface area contributed by atoms with Crippen LogP contribution in [-0.4, -0.2) is 40.8 Å². The van der Waals surface area contributed by atoms with Crippen molar-refractivity contribution in [3.8, 4) is 11.5 Å². The number of methoxy groups -OCH3 is 2. The van der Waals surface area contributed by atoms with Gasteiger partial charge in [-0.1, -0.05) is 11.8 Å². The summed E-state index contributed by atoms with van der Waals surface area (Å²) in [5.41, 5.74) is 1.93. The summed E-state index contributed by atoms with van der Waals surface area (Å²) in [7, 11) is 3.24. The quantitative estimate of drug-likeness (QED) is 0.853. The molecule has 1 aromatic heterocycles. The van der Waals surface area contributed by atoms with Gasteiger partial charge in [0.1, 0.15) is 5.03 Å². The standard InChI is InChI=1S/C12H12N4O2S/c1-17-10-4-3-8(5-11(10)18-2)9-7-19-12-6-13-15-16(12)14-9/h3-6H,7H2,1-2H3. The molecule has 2 aromatic rings. The maximum atomic E-state index is 5.30. The van der Waals surface area contributed by atoms with Crippen molar-refractivity contribution >= 4 is 17.5 Å².